The molecule has 3 amide bonds. The topological polar surface area (TPSA) is 54.3 Å². The normalized spacial score (nSPS) is 16.2. The summed E-state index contributed by atoms with van der Waals surface area (Å²) >= 11 is 12.4. The molecule has 1 aliphatic heterocycles. The molecule has 1 aromatic carbocycles. The van der Waals surface area contributed by atoms with Gasteiger partial charge in [0.05, 0.1) is 10.7 Å². The Morgan fingerprint density at radius 2 is 1.83 bits per heavy atom. The van der Waals surface area contributed by atoms with Crippen molar-refractivity contribution in [3.05, 3.63) is 57.0 Å². The summed E-state index contributed by atoms with van der Waals surface area (Å²) in [4.78, 5) is 24.6. The number of benzene rings is 1. The summed E-state index contributed by atoms with van der Waals surface area (Å²) < 4.78 is 1.96. The zero-order chi connectivity index (χ0) is 17.6. The Kier molecular flexibility index (Phi) is 4.15. The highest BCUT2D eigenvalue weighted by molar-refractivity contribution is 6.34. The van der Waals surface area contributed by atoms with Gasteiger partial charge in [0.15, 0.2) is 0 Å². The highest BCUT2D eigenvalue weighted by atomic mass is 35.5. The minimum absolute atomic E-state index is 0.250. The van der Waals surface area contributed by atoms with Crippen LogP contribution in [-0.2, 0) is 4.79 Å². The maximum Gasteiger partial charge on any atom is 0.328 e. The number of hydrogen-bond acceptors (Lipinski definition) is 2. The van der Waals surface area contributed by atoms with Crippen LogP contribution in [0.4, 0.5) is 4.79 Å². The van der Waals surface area contributed by atoms with E-state index in [2.05, 4.69) is 5.32 Å². The molecule has 1 N–H and O–H groups in total. The summed E-state index contributed by atoms with van der Waals surface area (Å²) in [5, 5.41) is 3.72. The Bertz CT molecular complexity index is 899. The number of halogens is 2. The second-order valence-corrected chi connectivity index (χ2v) is 6.45. The lowest BCUT2D eigenvalue weighted by Crippen LogP contribution is -2.25. The molecule has 0 aliphatic carbocycles. The molecule has 1 aliphatic rings. The number of aryl methyl sites for hydroxylation is 1. The SMILES string of the molecule is Cc1cc(/C=C2/NC(=O)N(C)C2=O)c(C)n1-c1cc(Cl)ccc1Cl. The highest BCUT2D eigenvalue weighted by Gasteiger charge is 2.30. The molecule has 5 nitrogen and oxygen atoms in total. The van der Waals surface area contributed by atoms with E-state index in [-0.39, 0.29) is 11.6 Å². The third-order valence-electron chi connectivity index (χ3n) is 4.00. The van der Waals surface area contributed by atoms with Crippen molar-refractivity contribution in [2.75, 3.05) is 7.05 Å². The molecule has 0 spiro atoms. The fourth-order valence-electron chi connectivity index (χ4n) is 2.74. The van der Waals surface area contributed by atoms with Crippen LogP contribution in [0.2, 0.25) is 10.0 Å². The average molecular weight is 364 g/mol. The van der Waals surface area contributed by atoms with E-state index >= 15 is 0 Å². The van der Waals surface area contributed by atoms with Gasteiger partial charge in [-0.05, 0) is 49.8 Å². The molecule has 0 atom stereocenters. The van der Waals surface area contributed by atoms with E-state index in [0.29, 0.717) is 10.0 Å². The lowest BCUT2D eigenvalue weighted by atomic mass is 10.2. The molecule has 1 saturated heterocycles. The zero-order valence-corrected chi connectivity index (χ0v) is 14.9. The first-order valence-corrected chi connectivity index (χ1v) is 8.00. The molecule has 0 radical (unpaired) electrons. The van der Waals surface area contributed by atoms with Crippen molar-refractivity contribution in [2.24, 2.45) is 0 Å². The number of imide groups is 1. The number of carbonyl (C=O) groups excluding carboxylic acids is 2. The molecule has 124 valence electrons. The van der Waals surface area contributed by atoms with Crippen molar-refractivity contribution >= 4 is 41.2 Å². The van der Waals surface area contributed by atoms with Crippen molar-refractivity contribution < 1.29 is 9.59 Å². The molecular formula is C17H15Cl2N3O2. The maximum atomic E-state index is 12.0. The van der Waals surface area contributed by atoms with Crippen molar-refractivity contribution in [2.45, 2.75) is 13.8 Å². The molecule has 1 fully saturated rings. The molecule has 0 unspecified atom stereocenters. The number of nitrogens with zero attached hydrogens (tertiary/aromatic N) is 2. The van der Waals surface area contributed by atoms with Crippen LogP contribution >= 0.6 is 23.2 Å². The fraction of sp³-hybridized carbons (Fsp3) is 0.176. The van der Waals surface area contributed by atoms with E-state index in [1.165, 1.54) is 7.05 Å². The Balaban J connectivity index is 2.10. The van der Waals surface area contributed by atoms with Crippen LogP contribution in [0.25, 0.3) is 11.8 Å². The molecular weight excluding hydrogens is 349 g/mol. The third kappa shape index (κ3) is 2.70. The van der Waals surface area contributed by atoms with Crippen molar-refractivity contribution in [3.8, 4) is 5.69 Å². The van der Waals surface area contributed by atoms with Gasteiger partial charge in [-0.3, -0.25) is 9.69 Å². The van der Waals surface area contributed by atoms with Crippen LogP contribution in [0.3, 0.4) is 0 Å². The summed E-state index contributed by atoms with van der Waals surface area (Å²) in [7, 11) is 1.44. The van der Waals surface area contributed by atoms with Gasteiger partial charge in [-0.1, -0.05) is 23.2 Å². The van der Waals surface area contributed by atoms with Gasteiger partial charge in [0.2, 0.25) is 0 Å². The smallest absolute Gasteiger partial charge is 0.316 e. The Hall–Kier alpha value is -2.24. The Morgan fingerprint density at radius 3 is 2.46 bits per heavy atom. The maximum absolute atomic E-state index is 12.0. The van der Waals surface area contributed by atoms with E-state index in [1.807, 2.05) is 24.5 Å². The second-order valence-electron chi connectivity index (χ2n) is 5.61. The van der Waals surface area contributed by atoms with Crippen LogP contribution in [0, 0.1) is 13.8 Å². The third-order valence-corrected chi connectivity index (χ3v) is 4.56. The largest absolute Gasteiger partial charge is 0.328 e. The predicted molar refractivity (Wildman–Crippen MR) is 94.5 cm³/mol. The number of nitrogens with one attached hydrogen (secondary N) is 1. The van der Waals surface area contributed by atoms with Gasteiger partial charge >= 0.3 is 6.03 Å². The number of carbonyl (C=O) groups is 2. The van der Waals surface area contributed by atoms with Gasteiger partial charge in [-0.15, -0.1) is 0 Å². The van der Waals surface area contributed by atoms with Gasteiger partial charge < -0.3 is 9.88 Å². The molecule has 2 aromatic rings. The number of hydrogen-bond donors (Lipinski definition) is 1. The Labute approximate surface area is 149 Å². The molecule has 7 heteroatoms. The predicted octanol–water partition coefficient (Wildman–Crippen LogP) is 3.92. The van der Waals surface area contributed by atoms with Gasteiger partial charge in [-0.2, -0.15) is 0 Å². The second kappa shape index (κ2) is 6.00. The molecule has 2 heterocycles. The van der Waals surface area contributed by atoms with Gasteiger partial charge in [0.25, 0.3) is 5.91 Å². The summed E-state index contributed by atoms with van der Waals surface area (Å²) in [6, 6.07) is 6.76. The fourth-order valence-corrected chi connectivity index (χ4v) is 3.11. The summed E-state index contributed by atoms with van der Waals surface area (Å²) in [6.45, 7) is 3.86. The molecule has 0 bridgehead atoms. The number of amides is 3. The standard InChI is InChI=1S/C17H15Cl2N3O2/c1-9-6-11(7-14-16(23)21(3)17(24)20-14)10(2)22(9)15-8-12(18)4-5-13(15)19/h4-8H,1-3H3,(H,20,24)/b14-7+. The van der Waals surface area contributed by atoms with Crippen molar-refractivity contribution in [1.29, 1.82) is 0 Å². The minimum atomic E-state index is -0.432. The summed E-state index contributed by atoms with van der Waals surface area (Å²) in [6.07, 6.45) is 1.67. The number of aromatic nitrogens is 1. The van der Waals surface area contributed by atoms with Crippen molar-refractivity contribution in [1.82, 2.24) is 14.8 Å². The van der Waals surface area contributed by atoms with Gasteiger partial charge in [0, 0.05) is 23.5 Å². The number of likely N-dealkylation sites (N-methyl/N-ethyl adjacent to an activating group) is 1. The lowest BCUT2D eigenvalue weighted by Gasteiger charge is -2.12. The summed E-state index contributed by atoms with van der Waals surface area (Å²) in [5.41, 5.74) is 3.67. The van der Waals surface area contributed by atoms with Crippen LogP contribution in [0.15, 0.2) is 30.0 Å². The van der Waals surface area contributed by atoms with Crippen LogP contribution in [-0.4, -0.2) is 28.5 Å². The zero-order valence-electron chi connectivity index (χ0n) is 13.4. The van der Waals surface area contributed by atoms with Crippen molar-refractivity contribution in [3.63, 3.8) is 0 Å². The monoisotopic (exact) mass is 363 g/mol. The quantitative estimate of drug-likeness (QED) is 0.649. The first-order valence-electron chi connectivity index (χ1n) is 7.24. The molecule has 3 rings (SSSR count). The van der Waals surface area contributed by atoms with E-state index in [9.17, 15) is 9.59 Å². The molecule has 1 aromatic heterocycles. The minimum Gasteiger partial charge on any atom is -0.316 e. The first kappa shape index (κ1) is 16.6. The Morgan fingerprint density at radius 1 is 1.12 bits per heavy atom. The van der Waals surface area contributed by atoms with E-state index in [0.717, 1.165) is 27.5 Å². The average Bonchev–Trinajstić information content (AvgIpc) is 2.93. The van der Waals surface area contributed by atoms with Gasteiger partial charge in [-0.25, -0.2) is 4.79 Å². The summed E-state index contributed by atoms with van der Waals surface area (Å²) in [5.74, 6) is -0.356. The number of urea groups is 1. The van der Waals surface area contributed by atoms with E-state index in [4.69, 9.17) is 23.2 Å². The van der Waals surface area contributed by atoms with Crippen LogP contribution in [0.1, 0.15) is 17.0 Å². The van der Waals surface area contributed by atoms with Crippen LogP contribution < -0.4 is 5.32 Å². The lowest BCUT2D eigenvalue weighted by molar-refractivity contribution is -0.121. The van der Waals surface area contributed by atoms with Gasteiger partial charge in [0.1, 0.15) is 5.70 Å². The van der Waals surface area contributed by atoms with Crippen LogP contribution in [0.5, 0.6) is 0 Å². The van der Waals surface area contributed by atoms with E-state index in [1.54, 1.807) is 24.3 Å². The molecule has 24 heavy (non-hydrogen) atoms. The van der Waals surface area contributed by atoms with E-state index < -0.39 is 6.03 Å². The first-order chi connectivity index (χ1) is 11.3. The highest BCUT2D eigenvalue weighted by Crippen LogP contribution is 2.30. The number of rotatable bonds is 2. The molecule has 0 saturated carbocycles.